The number of benzene rings is 1. The van der Waals surface area contributed by atoms with Crippen LogP contribution in [0.25, 0.3) is 11.3 Å². The van der Waals surface area contributed by atoms with Crippen LogP contribution >= 0.6 is 0 Å². The van der Waals surface area contributed by atoms with Crippen molar-refractivity contribution in [1.82, 2.24) is 10.2 Å². The van der Waals surface area contributed by atoms with Crippen molar-refractivity contribution in [3.63, 3.8) is 0 Å². The normalized spacial score (nSPS) is 12.2. The van der Waals surface area contributed by atoms with E-state index in [0.717, 1.165) is 17.7 Å². The van der Waals surface area contributed by atoms with Crippen LogP contribution in [0.2, 0.25) is 0 Å². The number of rotatable bonds is 3. The van der Waals surface area contributed by atoms with Gasteiger partial charge in [0.25, 0.3) is 0 Å². The summed E-state index contributed by atoms with van der Waals surface area (Å²) in [6, 6.07) is 6.76. The zero-order valence-electron chi connectivity index (χ0n) is 10.6. The second kappa shape index (κ2) is 5.32. The van der Waals surface area contributed by atoms with Crippen LogP contribution < -0.4 is 4.18 Å². The summed E-state index contributed by atoms with van der Waals surface area (Å²) < 4.78 is 62.3. The van der Waals surface area contributed by atoms with Crippen LogP contribution in [0.3, 0.4) is 0 Å². The number of halogens is 3. The fourth-order valence-corrected chi connectivity index (χ4v) is 1.98. The summed E-state index contributed by atoms with van der Waals surface area (Å²) in [7, 11) is -5.66. The Morgan fingerprint density at radius 2 is 1.71 bits per heavy atom. The minimum atomic E-state index is -5.66. The van der Waals surface area contributed by atoms with E-state index in [2.05, 4.69) is 14.4 Å². The van der Waals surface area contributed by atoms with Crippen molar-refractivity contribution in [1.29, 1.82) is 0 Å². The van der Waals surface area contributed by atoms with Crippen LogP contribution in [-0.4, -0.2) is 24.1 Å². The molecular formula is C12H9F3N2O3S. The fourth-order valence-electron chi connectivity index (χ4n) is 1.52. The van der Waals surface area contributed by atoms with Gasteiger partial charge < -0.3 is 4.18 Å². The molecule has 9 heteroatoms. The maximum Gasteiger partial charge on any atom is 0.534 e. The molecule has 1 aromatic heterocycles. The largest absolute Gasteiger partial charge is 0.534 e. The van der Waals surface area contributed by atoms with Crippen LogP contribution in [-0.2, 0) is 10.1 Å². The third-order valence-electron chi connectivity index (χ3n) is 2.54. The monoisotopic (exact) mass is 318 g/mol. The first-order valence-corrected chi connectivity index (χ1v) is 7.01. The minimum absolute atomic E-state index is 0.433. The third kappa shape index (κ3) is 3.30. The molecule has 0 fully saturated rings. The number of aromatic nitrogens is 2. The highest BCUT2D eigenvalue weighted by Crippen LogP contribution is 2.28. The summed E-state index contributed by atoms with van der Waals surface area (Å²) in [6.07, 6.45) is 1.51. The Balaban J connectivity index is 2.27. The molecule has 1 heterocycles. The van der Waals surface area contributed by atoms with E-state index in [1.54, 1.807) is 13.0 Å². The van der Waals surface area contributed by atoms with Gasteiger partial charge in [-0.2, -0.15) is 31.8 Å². The van der Waals surface area contributed by atoms with Crippen LogP contribution in [0.15, 0.2) is 36.5 Å². The van der Waals surface area contributed by atoms with Crippen molar-refractivity contribution < 1.29 is 25.8 Å². The average Bonchev–Trinajstić information content (AvgIpc) is 2.39. The van der Waals surface area contributed by atoms with E-state index in [1.807, 2.05) is 0 Å². The van der Waals surface area contributed by atoms with Gasteiger partial charge in [-0.1, -0.05) is 0 Å². The Morgan fingerprint density at radius 3 is 2.24 bits per heavy atom. The molecule has 0 unspecified atom stereocenters. The van der Waals surface area contributed by atoms with Crippen LogP contribution in [0.5, 0.6) is 5.75 Å². The Bertz CT molecular complexity index is 743. The smallest absolute Gasteiger partial charge is 0.376 e. The molecule has 21 heavy (non-hydrogen) atoms. The Kier molecular flexibility index (Phi) is 3.86. The number of hydrogen-bond acceptors (Lipinski definition) is 5. The summed E-state index contributed by atoms with van der Waals surface area (Å²) >= 11 is 0. The van der Waals surface area contributed by atoms with Gasteiger partial charge in [-0.3, -0.25) is 0 Å². The lowest BCUT2D eigenvalue weighted by molar-refractivity contribution is -0.0500. The maximum atomic E-state index is 12.2. The molecule has 2 rings (SSSR count). The summed E-state index contributed by atoms with van der Waals surface area (Å²) in [4.78, 5) is 0. The first-order chi connectivity index (χ1) is 9.71. The zero-order valence-corrected chi connectivity index (χ0v) is 11.4. The van der Waals surface area contributed by atoms with Crippen molar-refractivity contribution in [2.24, 2.45) is 0 Å². The molecule has 0 saturated carbocycles. The Morgan fingerprint density at radius 1 is 1.10 bits per heavy atom. The van der Waals surface area contributed by atoms with Gasteiger partial charge in [0.1, 0.15) is 5.75 Å². The van der Waals surface area contributed by atoms with Gasteiger partial charge in [-0.05, 0) is 42.8 Å². The fraction of sp³-hybridized carbons (Fsp3) is 0.167. The first kappa shape index (κ1) is 15.2. The molecule has 0 aliphatic carbocycles. The SMILES string of the molecule is Cc1ccnnc1-c1ccc(OS(=O)(=O)C(F)(F)F)cc1. The number of aryl methyl sites for hydroxylation is 1. The van der Waals surface area contributed by atoms with Gasteiger partial charge in [0.2, 0.25) is 0 Å². The topological polar surface area (TPSA) is 69.2 Å². The lowest BCUT2D eigenvalue weighted by atomic mass is 10.1. The molecule has 5 nitrogen and oxygen atoms in total. The average molecular weight is 318 g/mol. The number of hydrogen-bond donors (Lipinski definition) is 0. The molecule has 0 atom stereocenters. The third-order valence-corrected chi connectivity index (χ3v) is 3.52. The first-order valence-electron chi connectivity index (χ1n) is 5.60. The van der Waals surface area contributed by atoms with E-state index in [9.17, 15) is 21.6 Å². The van der Waals surface area contributed by atoms with Crippen molar-refractivity contribution in [2.45, 2.75) is 12.4 Å². The molecule has 2 aromatic rings. The molecule has 0 aliphatic rings. The Hall–Kier alpha value is -2.16. The highest BCUT2D eigenvalue weighted by Gasteiger charge is 2.48. The summed E-state index contributed by atoms with van der Waals surface area (Å²) in [5.74, 6) is -0.433. The van der Waals surface area contributed by atoms with Crippen molar-refractivity contribution in [2.75, 3.05) is 0 Å². The second-order valence-electron chi connectivity index (χ2n) is 4.07. The number of nitrogens with zero attached hydrogens (tertiary/aromatic N) is 2. The lowest BCUT2D eigenvalue weighted by Gasteiger charge is -2.10. The zero-order chi connectivity index (χ0) is 15.7. The molecule has 0 amide bonds. The predicted octanol–water partition coefficient (Wildman–Crippen LogP) is 2.68. The van der Waals surface area contributed by atoms with Gasteiger partial charge in [0.15, 0.2) is 0 Å². The predicted molar refractivity (Wildman–Crippen MR) is 67.8 cm³/mol. The quantitative estimate of drug-likeness (QED) is 0.643. The maximum absolute atomic E-state index is 12.2. The molecule has 0 radical (unpaired) electrons. The van der Waals surface area contributed by atoms with E-state index in [-0.39, 0.29) is 0 Å². The van der Waals surface area contributed by atoms with Gasteiger partial charge >= 0.3 is 15.6 Å². The van der Waals surface area contributed by atoms with E-state index in [1.165, 1.54) is 18.3 Å². The van der Waals surface area contributed by atoms with E-state index >= 15 is 0 Å². The van der Waals surface area contributed by atoms with E-state index in [4.69, 9.17) is 0 Å². The van der Waals surface area contributed by atoms with E-state index < -0.39 is 21.4 Å². The molecule has 0 aliphatic heterocycles. The molecule has 0 bridgehead atoms. The summed E-state index contributed by atoms with van der Waals surface area (Å²) in [5.41, 5.74) is -3.52. The van der Waals surface area contributed by atoms with Crippen molar-refractivity contribution >= 4 is 10.1 Å². The Labute approximate surface area is 118 Å². The van der Waals surface area contributed by atoms with Gasteiger partial charge in [-0.15, -0.1) is 0 Å². The van der Waals surface area contributed by atoms with Gasteiger partial charge in [0, 0.05) is 11.8 Å². The van der Waals surface area contributed by atoms with Crippen molar-refractivity contribution in [3.05, 3.63) is 42.1 Å². The lowest BCUT2D eigenvalue weighted by Crippen LogP contribution is -2.28. The standard InChI is InChI=1S/C12H9F3N2O3S/c1-8-6-7-16-17-11(8)9-2-4-10(5-3-9)20-21(18,19)12(13,14)15/h2-7H,1H3. The highest BCUT2D eigenvalue weighted by molar-refractivity contribution is 7.87. The van der Waals surface area contributed by atoms with Gasteiger partial charge in [0.05, 0.1) is 5.69 Å². The van der Waals surface area contributed by atoms with Crippen molar-refractivity contribution in [3.8, 4) is 17.0 Å². The molecular weight excluding hydrogens is 309 g/mol. The number of alkyl halides is 3. The summed E-state index contributed by atoms with van der Waals surface area (Å²) in [6.45, 7) is 1.79. The molecule has 0 spiro atoms. The van der Waals surface area contributed by atoms with Crippen LogP contribution in [0, 0.1) is 6.92 Å². The molecule has 1 aromatic carbocycles. The molecule has 0 N–H and O–H groups in total. The summed E-state index contributed by atoms with van der Waals surface area (Å²) in [5, 5.41) is 7.61. The second-order valence-corrected chi connectivity index (χ2v) is 5.61. The molecule has 0 saturated heterocycles. The van der Waals surface area contributed by atoms with Crippen LogP contribution in [0.4, 0.5) is 13.2 Å². The minimum Gasteiger partial charge on any atom is -0.376 e. The van der Waals surface area contributed by atoms with Gasteiger partial charge in [-0.25, -0.2) is 0 Å². The van der Waals surface area contributed by atoms with Crippen LogP contribution in [0.1, 0.15) is 5.56 Å². The van der Waals surface area contributed by atoms with E-state index in [0.29, 0.717) is 11.3 Å². The molecule has 112 valence electrons. The highest BCUT2D eigenvalue weighted by atomic mass is 32.2.